The predicted molar refractivity (Wildman–Crippen MR) is 244 cm³/mol. The van der Waals surface area contributed by atoms with Crippen LogP contribution in [0.4, 0.5) is 42.1 Å². The number of aliphatic hydroxyl groups excluding tert-OH is 1. The fraction of sp³-hybridized carbons (Fsp3) is 0.386. The fourth-order valence-electron chi connectivity index (χ4n) is 7.46. The Kier molecular flexibility index (Phi) is 16.3. The van der Waals surface area contributed by atoms with E-state index in [0.717, 1.165) is 21.0 Å². The summed E-state index contributed by atoms with van der Waals surface area (Å²) >= 11 is 0. The van der Waals surface area contributed by atoms with E-state index in [4.69, 9.17) is 14.2 Å². The number of nitrogens with one attached hydrogen (secondary N) is 4. The van der Waals surface area contributed by atoms with Crippen LogP contribution < -0.4 is 25.6 Å². The van der Waals surface area contributed by atoms with Gasteiger partial charge in [-0.05, 0) is 55.2 Å². The largest absolute Gasteiger partial charge is 0.421 e. The normalized spacial score (nSPS) is 16.0. The van der Waals surface area contributed by atoms with Crippen molar-refractivity contribution < 1.29 is 60.1 Å². The van der Waals surface area contributed by atoms with Crippen LogP contribution in [-0.2, 0) is 59.5 Å². The number of fused-ring (bicyclic) bond motifs is 1. The third kappa shape index (κ3) is 12.7. The van der Waals surface area contributed by atoms with Gasteiger partial charge in [0.2, 0.25) is 27.8 Å². The Labute approximate surface area is 399 Å². The van der Waals surface area contributed by atoms with Crippen LogP contribution in [0.25, 0.3) is 0 Å². The Hall–Kier alpha value is -7.13. The van der Waals surface area contributed by atoms with Crippen LogP contribution >= 0.6 is 0 Å². The first-order valence-electron chi connectivity index (χ1n) is 21.8. The van der Waals surface area contributed by atoms with Gasteiger partial charge in [0.15, 0.2) is 11.9 Å². The second-order valence-electron chi connectivity index (χ2n) is 15.9. The number of carbonyl (C=O) groups is 4. The number of carbonyl (C=O) groups excluding carboxylic acids is 4. The first-order chi connectivity index (χ1) is 33.5. The molecule has 7 rings (SSSR count). The number of aromatic nitrogens is 6. The Bertz CT molecular complexity index is 2800. The third-order valence-corrected chi connectivity index (χ3v) is 12.2. The number of amides is 4. The van der Waals surface area contributed by atoms with Crippen LogP contribution in [0, 0.1) is 0 Å². The lowest BCUT2D eigenvalue weighted by Gasteiger charge is -2.31. The summed E-state index contributed by atoms with van der Waals surface area (Å²) in [6.45, 7) is 2.00. The molecule has 22 nitrogen and oxygen atoms in total. The molecule has 2 aromatic carbocycles. The van der Waals surface area contributed by atoms with Crippen molar-refractivity contribution in [2.75, 3.05) is 73.2 Å². The van der Waals surface area contributed by atoms with Crippen molar-refractivity contribution in [3.63, 3.8) is 0 Å². The number of aryl methyl sites for hydroxylation is 1. The number of piperidine rings is 1. The van der Waals surface area contributed by atoms with Crippen LogP contribution in [0.2, 0.25) is 0 Å². The zero-order valence-corrected chi connectivity index (χ0v) is 38.6. The van der Waals surface area contributed by atoms with E-state index in [-0.39, 0.29) is 43.5 Å². The number of hydrogen-bond acceptors (Lipinski definition) is 17. The Morgan fingerprint density at radius 3 is 2.36 bits per heavy atom. The molecule has 2 atom stereocenters. The minimum Gasteiger partial charge on any atom is -0.379 e. The van der Waals surface area contributed by atoms with Gasteiger partial charge in [0.1, 0.15) is 23.2 Å². The molecule has 1 fully saturated rings. The summed E-state index contributed by atoms with van der Waals surface area (Å²) in [5, 5.41) is 29.2. The number of halogens is 3. The standard InChI is InChI=1S/C44H49F3N12O10S/c1-57(70(2,65)66)38-28(7-4-16-48-38)24-49-37-32(44(45,46)47)25-50-43(54-37)52-30-12-10-29(11-13-30)51-39(61)33-26-58(56-55-33)17-19-68-21-23-69-22-20-67-18-5-8-27-6-3-9-31-36(27)42(64)59(41(31)63)34-14-15-35(60)53-40(34)62/h3-4,6-7,9-13,16,25-26,34,41,63H,5,8,14-15,17-24H2,1-2H3,(H,51,61)(H,53,60,62)(H2,49,50,52,54). The number of anilines is 5. The van der Waals surface area contributed by atoms with Gasteiger partial charge >= 0.3 is 6.18 Å². The maximum absolute atomic E-state index is 13.9. The Balaban J connectivity index is 0.776. The monoisotopic (exact) mass is 994 g/mol. The molecule has 372 valence electrons. The molecule has 5 heterocycles. The SMILES string of the molecule is CN(c1ncccc1CNc1nc(Nc2ccc(NC(=O)c3cn(CCOCCOCCOCCCc4cccc5c4C(=O)N(C4CCC(=O)NC4=O)C5O)nn3)cc2)ncc1C(F)(F)F)S(C)(=O)=O. The van der Waals surface area contributed by atoms with Crippen LogP contribution in [0.1, 0.15) is 68.6 Å². The molecule has 5 N–H and O–H groups in total. The first-order valence-corrected chi connectivity index (χ1v) is 23.7. The van der Waals surface area contributed by atoms with E-state index in [0.29, 0.717) is 86.7 Å². The smallest absolute Gasteiger partial charge is 0.379 e. The van der Waals surface area contributed by atoms with E-state index in [9.17, 15) is 45.9 Å². The highest BCUT2D eigenvalue weighted by Crippen LogP contribution is 2.38. The lowest BCUT2D eigenvalue weighted by Crippen LogP contribution is -2.53. The average Bonchev–Trinajstić information content (AvgIpc) is 3.90. The Morgan fingerprint density at radius 2 is 1.64 bits per heavy atom. The molecule has 26 heteroatoms. The molecular formula is C44H49F3N12O10S. The summed E-state index contributed by atoms with van der Waals surface area (Å²) < 4.78 is 85.2. The van der Waals surface area contributed by atoms with Crippen molar-refractivity contribution >= 4 is 62.6 Å². The number of rotatable bonds is 23. The maximum atomic E-state index is 13.9. The molecule has 0 radical (unpaired) electrons. The summed E-state index contributed by atoms with van der Waals surface area (Å²) in [6, 6.07) is 13.5. The third-order valence-electron chi connectivity index (χ3n) is 11.0. The summed E-state index contributed by atoms with van der Waals surface area (Å²) in [5.74, 6) is -2.67. The van der Waals surface area contributed by atoms with Gasteiger partial charge < -0.3 is 35.3 Å². The average molecular weight is 995 g/mol. The molecule has 2 aliphatic rings. The van der Waals surface area contributed by atoms with Gasteiger partial charge in [0.05, 0.1) is 57.6 Å². The van der Waals surface area contributed by atoms with Crippen molar-refractivity contribution in [1.82, 2.24) is 40.2 Å². The number of hydrogen-bond donors (Lipinski definition) is 5. The van der Waals surface area contributed by atoms with Gasteiger partial charge in [0.25, 0.3) is 11.8 Å². The summed E-state index contributed by atoms with van der Waals surface area (Å²) in [4.78, 5) is 63.3. The highest BCUT2D eigenvalue weighted by Gasteiger charge is 2.45. The van der Waals surface area contributed by atoms with E-state index in [1.165, 1.54) is 36.3 Å². The van der Waals surface area contributed by atoms with Crippen LogP contribution in [0.15, 0.2) is 73.2 Å². The lowest BCUT2D eigenvalue weighted by atomic mass is 9.99. The summed E-state index contributed by atoms with van der Waals surface area (Å²) in [6.07, 6.45) is -0.316. The van der Waals surface area contributed by atoms with Crippen LogP contribution in [0.5, 0.6) is 0 Å². The molecule has 3 aromatic heterocycles. The molecule has 4 amide bonds. The lowest BCUT2D eigenvalue weighted by molar-refractivity contribution is -0.140. The molecule has 70 heavy (non-hydrogen) atoms. The summed E-state index contributed by atoms with van der Waals surface area (Å²) in [5.41, 5.74) is 1.53. The first kappa shape index (κ1) is 50.7. The topological polar surface area (TPSA) is 274 Å². The minimum absolute atomic E-state index is 0.0358. The van der Waals surface area contributed by atoms with Gasteiger partial charge in [-0.25, -0.2) is 23.1 Å². The van der Waals surface area contributed by atoms with Gasteiger partial charge in [0, 0.05) is 61.5 Å². The van der Waals surface area contributed by atoms with Gasteiger partial charge in [-0.2, -0.15) is 18.2 Å². The van der Waals surface area contributed by atoms with Crippen molar-refractivity contribution in [3.8, 4) is 0 Å². The van der Waals surface area contributed by atoms with E-state index >= 15 is 0 Å². The van der Waals surface area contributed by atoms with Crippen LogP contribution in [-0.4, -0.2) is 131 Å². The van der Waals surface area contributed by atoms with Crippen molar-refractivity contribution in [2.24, 2.45) is 0 Å². The zero-order valence-electron chi connectivity index (χ0n) is 37.8. The van der Waals surface area contributed by atoms with Gasteiger partial charge in [-0.3, -0.25) is 33.7 Å². The van der Waals surface area contributed by atoms with Crippen LogP contribution in [0.3, 0.4) is 0 Å². The van der Waals surface area contributed by atoms with Crippen molar-refractivity contribution in [1.29, 1.82) is 0 Å². The molecular weight excluding hydrogens is 946 g/mol. The number of pyridine rings is 1. The molecule has 0 saturated carbocycles. The molecule has 0 bridgehead atoms. The molecule has 0 spiro atoms. The molecule has 5 aromatic rings. The number of sulfonamides is 1. The second kappa shape index (κ2) is 22.5. The molecule has 1 saturated heterocycles. The summed E-state index contributed by atoms with van der Waals surface area (Å²) in [7, 11) is -2.42. The fourth-order valence-corrected chi connectivity index (χ4v) is 7.94. The second-order valence-corrected chi connectivity index (χ2v) is 17.9. The molecule has 2 unspecified atom stereocenters. The van der Waals surface area contributed by atoms with Crippen molar-refractivity contribution in [2.45, 2.75) is 57.2 Å². The van der Waals surface area contributed by atoms with Gasteiger partial charge in [-0.1, -0.05) is 29.5 Å². The number of alkyl halides is 3. The quantitative estimate of drug-likeness (QED) is 0.0463. The highest BCUT2D eigenvalue weighted by molar-refractivity contribution is 7.92. The van der Waals surface area contributed by atoms with E-state index < -0.39 is 63.5 Å². The number of imide groups is 1. The van der Waals surface area contributed by atoms with Gasteiger partial charge in [-0.15, -0.1) is 5.10 Å². The highest BCUT2D eigenvalue weighted by atomic mass is 32.2. The van der Waals surface area contributed by atoms with Crippen molar-refractivity contribution in [3.05, 3.63) is 107 Å². The predicted octanol–water partition coefficient (Wildman–Crippen LogP) is 3.42. The minimum atomic E-state index is -4.80. The zero-order chi connectivity index (χ0) is 50.0. The maximum Gasteiger partial charge on any atom is 0.421 e. The van der Waals surface area contributed by atoms with E-state index in [2.05, 4.69) is 46.5 Å². The molecule has 2 aliphatic heterocycles. The molecule has 0 aliphatic carbocycles. The van der Waals surface area contributed by atoms with E-state index in [1.807, 2.05) is 6.07 Å². The Morgan fingerprint density at radius 1 is 0.943 bits per heavy atom. The number of ether oxygens (including phenoxy) is 3. The number of aliphatic hydroxyl groups is 1. The number of benzene rings is 2. The number of nitrogens with zero attached hydrogens (tertiary/aromatic N) is 8. The van der Waals surface area contributed by atoms with E-state index in [1.54, 1.807) is 36.4 Å².